The zero-order chi connectivity index (χ0) is 16.8. The van der Waals surface area contributed by atoms with Gasteiger partial charge >= 0.3 is 0 Å². The summed E-state index contributed by atoms with van der Waals surface area (Å²) in [6.45, 7) is 1.80. The van der Waals surface area contributed by atoms with E-state index in [0.717, 1.165) is 0 Å². The van der Waals surface area contributed by atoms with Crippen molar-refractivity contribution in [3.8, 4) is 11.5 Å². The van der Waals surface area contributed by atoms with E-state index in [-0.39, 0.29) is 17.3 Å². The minimum atomic E-state index is -3.61. The van der Waals surface area contributed by atoms with E-state index in [1.165, 1.54) is 38.5 Å². The molecular formula is C17H27ClN2O4S. The van der Waals surface area contributed by atoms with E-state index < -0.39 is 10.0 Å². The van der Waals surface area contributed by atoms with Crippen molar-refractivity contribution >= 4 is 22.4 Å². The van der Waals surface area contributed by atoms with Crippen LogP contribution in [0, 0.1) is 0 Å². The Balaban J connectivity index is 0.00000225. The molecule has 2 N–H and O–H groups in total. The molecule has 0 atom stereocenters. The van der Waals surface area contributed by atoms with Gasteiger partial charge in [-0.15, -0.1) is 12.4 Å². The molecule has 1 aromatic rings. The summed E-state index contributed by atoms with van der Waals surface area (Å²) >= 11 is 0. The van der Waals surface area contributed by atoms with Gasteiger partial charge in [0.1, 0.15) is 18.1 Å². The largest absolute Gasteiger partial charge is 0.486 e. The summed E-state index contributed by atoms with van der Waals surface area (Å²) in [4.78, 5) is 0.147. The van der Waals surface area contributed by atoms with Gasteiger partial charge in [-0.1, -0.05) is 31.7 Å². The number of ether oxygens (including phenoxy) is 2. The number of rotatable bonds is 6. The van der Waals surface area contributed by atoms with Gasteiger partial charge in [0.25, 0.3) is 0 Å². The Morgan fingerprint density at radius 1 is 1.00 bits per heavy atom. The van der Waals surface area contributed by atoms with E-state index in [1.807, 2.05) is 0 Å². The Kier molecular flexibility index (Phi) is 7.81. The zero-order valence-electron chi connectivity index (χ0n) is 14.3. The number of fused-ring (bicyclic) bond motifs is 1. The van der Waals surface area contributed by atoms with Gasteiger partial charge in [0.05, 0.1) is 0 Å². The fourth-order valence-electron chi connectivity index (χ4n) is 3.28. The normalized spacial score (nSPS) is 18.2. The number of halogens is 1. The highest BCUT2D eigenvalue weighted by atomic mass is 35.5. The Hall–Kier alpha value is -1.02. The van der Waals surface area contributed by atoms with Crippen molar-refractivity contribution in [2.24, 2.45) is 0 Å². The van der Waals surface area contributed by atoms with Gasteiger partial charge in [-0.05, 0) is 25.0 Å². The molecule has 1 fully saturated rings. The number of para-hydroxylation sites is 1. The summed E-state index contributed by atoms with van der Waals surface area (Å²) in [5, 5.41) is 3.47. The zero-order valence-corrected chi connectivity index (χ0v) is 16.0. The van der Waals surface area contributed by atoms with E-state index in [0.29, 0.717) is 43.8 Å². The molecule has 0 amide bonds. The molecule has 1 aliphatic carbocycles. The molecule has 1 saturated carbocycles. The summed E-state index contributed by atoms with van der Waals surface area (Å²) in [7, 11) is -3.61. The summed E-state index contributed by atoms with van der Waals surface area (Å²) in [6, 6.07) is 5.46. The maximum atomic E-state index is 12.5. The van der Waals surface area contributed by atoms with Gasteiger partial charge in [-0.3, -0.25) is 0 Å². The number of hydrogen-bond acceptors (Lipinski definition) is 5. The lowest BCUT2D eigenvalue weighted by atomic mass is 10.1. The van der Waals surface area contributed by atoms with Crippen LogP contribution in [0.25, 0.3) is 0 Å². The molecule has 0 unspecified atom stereocenters. The minimum absolute atomic E-state index is 0. The molecule has 25 heavy (non-hydrogen) atoms. The van der Waals surface area contributed by atoms with Crippen LogP contribution in [0.15, 0.2) is 23.1 Å². The van der Waals surface area contributed by atoms with Crippen molar-refractivity contribution in [1.29, 1.82) is 0 Å². The first-order valence-corrected chi connectivity index (χ1v) is 10.3. The molecule has 0 spiro atoms. The second-order valence-corrected chi connectivity index (χ2v) is 8.06. The predicted octanol–water partition coefficient (Wildman–Crippen LogP) is 2.47. The molecule has 8 heteroatoms. The van der Waals surface area contributed by atoms with E-state index >= 15 is 0 Å². The highest BCUT2D eigenvalue weighted by Gasteiger charge is 2.24. The molecule has 6 nitrogen and oxygen atoms in total. The lowest BCUT2D eigenvalue weighted by molar-refractivity contribution is 0.167. The van der Waals surface area contributed by atoms with Crippen molar-refractivity contribution in [3.63, 3.8) is 0 Å². The first-order chi connectivity index (χ1) is 11.7. The maximum Gasteiger partial charge on any atom is 0.244 e. The monoisotopic (exact) mass is 390 g/mol. The Bertz CT molecular complexity index is 646. The van der Waals surface area contributed by atoms with E-state index in [4.69, 9.17) is 9.47 Å². The number of hydrogen-bond donors (Lipinski definition) is 2. The van der Waals surface area contributed by atoms with Crippen LogP contribution in [-0.4, -0.2) is 40.8 Å². The molecule has 3 rings (SSSR count). The van der Waals surface area contributed by atoms with Crippen LogP contribution in [0.4, 0.5) is 0 Å². The summed E-state index contributed by atoms with van der Waals surface area (Å²) in [5.74, 6) is 0.800. The van der Waals surface area contributed by atoms with Gasteiger partial charge in [0.15, 0.2) is 11.5 Å². The summed E-state index contributed by atoms with van der Waals surface area (Å²) in [5.41, 5.74) is 0. The van der Waals surface area contributed by atoms with E-state index in [2.05, 4.69) is 10.0 Å². The van der Waals surface area contributed by atoms with Crippen LogP contribution in [0.5, 0.6) is 11.5 Å². The lowest BCUT2D eigenvalue weighted by Crippen LogP contribution is -2.37. The van der Waals surface area contributed by atoms with Crippen LogP contribution < -0.4 is 19.5 Å². The summed E-state index contributed by atoms with van der Waals surface area (Å²) in [6.07, 6.45) is 7.51. The maximum absolute atomic E-state index is 12.5. The van der Waals surface area contributed by atoms with Crippen molar-refractivity contribution in [1.82, 2.24) is 10.0 Å². The van der Waals surface area contributed by atoms with Crippen LogP contribution in [-0.2, 0) is 10.0 Å². The molecule has 1 aromatic carbocycles. The fourth-order valence-corrected chi connectivity index (χ4v) is 4.47. The Morgan fingerprint density at radius 2 is 1.72 bits per heavy atom. The molecule has 0 bridgehead atoms. The molecule has 0 saturated heterocycles. The van der Waals surface area contributed by atoms with Gasteiger partial charge in [0, 0.05) is 19.1 Å². The Labute approximate surface area is 156 Å². The van der Waals surface area contributed by atoms with Gasteiger partial charge in [0.2, 0.25) is 10.0 Å². The number of sulfonamides is 1. The summed E-state index contributed by atoms with van der Waals surface area (Å²) < 4.78 is 38.7. The first kappa shape index (κ1) is 20.3. The van der Waals surface area contributed by atoms with Crippen molar-refractivity contribution < 1.29 is 17.9 Å². The minimum Gasteiger partial charge on any atom is -0.486 e. The van der Waals surface area contributed by atoms with Crippen molar-refractivity contribution in [2.45, 2.75) is 49.5 Å². The quantitative estimate of drug-likeness (QED) is 0.576. The predicted molar refractivity (Wildman–Crippen MR) is 99.4 cm³/mol. The van der Waals surface area contributed by atoms with Gasteiger partial charge in [-0.25, -0.2) is 13.1 Å². The average molecular weight is 391 g/mol. The van der Waals surface area contributed by atoms with Crippen LogP contribution in [0.3, 0.4) is 0 Å². The molecule has 0 aromatic heterocycles. The molecule has 0 radical (unpaired) electrons. The standard InChI is InChI=1S/C17H26N2O4S.ClH/c20-24(21,16-9-5-8-15-17(16)23-13-12-22-15)19-11-10-18-14-6-3-1-2-4-7-14;/h5,8-9,14,18-19H,1-4,6-7,10-13H2;1H. The fraction of sp³-hybridized carbons (Fsp3) is 0.647. The molecular weight excluding hydrogens is 364 g/mol. The van der Waals surface area contributed by atoms with Crippen LogP contribution in [0.2, 0.25) is 0 Å². The third-order valence-electron chi connectivity index (χ3n) is 4.52. The third kappa shape index (κ3) is 5.48. The van der Waals surface area contributed by atoms with Crippen molar-refractivity contribution in [3.05, 3.63) is 18.2 Å². The lowest BCUT2D eigenvalue weighted by Gasteiger charge is -2.21. The number of benzene rings is 1. The van der Waals surface area contributed by atoms with Crippen LogP contribution in [0.1, 0.15) is 38.5 Å². The van der Waals surface area contributed by atoms with Gasteiger partial charge in [-0.2, -0.15) is 0 Å². The van der Waals surface area contributed by atoms with E-state index in [9.17, 15) is 8.42 Å². The topological polar surface area (TPSA) is 76.7 Å². The SMILES string of the molecule is Cl.O=S(=O)(NCCNC1CCCCCC1)c1cccc2c1OCCO2. The third-order valence-corrected chi connectivity index (χ3v) is 6.01. The molecule has 142 valence electrons. The molecule has 1 aliphatic heterocycles. The van der Waals surface area contributed by atoms with E-state index in [1.54, 1.807) is 18.2 Å². The molecule has 1 heterocycles. The van der Waals surface area contributed by atoms with Crippen LogP contribution >= 0.6 is 12.4 Å². The highest BCUT2D eigenvalue weighted by molar-refractivity contribution is 7.89. The average Bonchev–Trinajstić information content (AvgIpc) is 2.87. The smallest absolute Gasteiger partial charge is 0.244 e. The highest BCUT2D eigenvalue weighted by Crippen LogP contribution is 2.36. The number of nitrogens with one attached hydrogen (secondary N) is 2. The Morgan fingerprint density at radius 3 is 2.48 bits per heavy atom. The molecule has 2 aliphatic rings. The van der Waals surface area contributed by atoms with Crippen molar-refractivity contribution in [2.75, 3.05) is 26.3 Å². The first-order valence-electron chi connectivity index (χ1n) is 8.78. The second-order valence-electron chi connectivity index (χ2n) is 6.32. The second kappa shape index (κ2) is 9.62. The van der Waals surface area contributed by atoms with Gasteiger partial charge < -0.3 is 14.8 Å².